The van der Waals surface area contributed by atoms with Crippen LogP contribution >= 0.6 is 0 Å². The van der Waals surface area contributed by atoms with Gasteiger partial charge in [-0.1, -0.05) is 24.3 Å². The van der Waals surface area contributed by atoms with Crippen LogP contribution in [0.15, 0.2) is 54.7 Å². The van der Waals surface area contributed by atoms with Gasteiger partial charge in [0, 0.05) is 36.4 Å². The fourth-order valence-electron chi connectivity index (χ4n) is 5.84. The molecule has 0 spiro atoms. The molecule has 3 aromatic rings. The molecule has 3 heterocycles. The summed E-state index contributed by atoms with van der Waals surface area (Å²) in [6, 6.07) is 13.3. The summed E-state index contributed by atoms with van der Waals surface area (Å²) < 4.78 is 25.5. The molecule has 0 radical (unpaired) electrons. The lowest BCUT2D eigenvalue weighted by Crippen LogP contribution is -2.40. The molecular weight excluding hydrogens is 546 g/mol. The third-order valence-electron chi connectivity index (χ3n) is 8.03. The molecule has 2 atom stereocenters. The Morgan fingerprint density at radius 1 is 1.05 bits per heavy atom. The summed E-state index contributed by atoms with van der Waals surface area (Å²) in [6.45, 7) is 1.47. The molecule has 5 rings (SSSR count). The number of H-pyrrole nitrogens is 1. The fraction of sp³-hybridized carbons (Fsp3) is 0.357. The number of nitrogens with zero attached hydrogens (tertiary/aromatic N) is 3. The summed E-state index contributed by atoms with van der Waals surface area (Å²) in [4.78, 5) is 34.5. The van der Waals surface area contributed by atoms with E-state index < -0.39 is 16.1 Å². The van der Waals surface area contributed by atoms with Gasteiger partial charge < -0.3 is 20.7 Å². The van der Waals surface area contributed by atoms with Crippen LogP contribution in [0.4, 0.5) is 10.5 Å². The van der Waals surface area contributed by atoms with Crippen LogP contribution in [0.2, 0.25) is 0 Å². The van der Waals surface area contributed by atoms with Gasteiger partial charge in [-0.15, -0.1) is 0 Å². The molecule has 13 heteroatoms. The number of carbonyl (C=O) groups is 2. The summed E-state index contributed by atoms with van der Waals surface area (Å²) in [5.41, 5.74) is 8.62. The van der Waals surface area contributed by atoms with Crippen LogP contribution in [0, 0.1) is 17.2 Å². The summed E-state index contributed by atoms with van der Waals surface area (Å²) in [5.74, 6) is 0.883. The Hall–Kier alpha value is -4.23. The lowest BCUT2D eigenvalue weighted by Gasteiger charge is -2.33. The van der Waals surface area contributed by atoms with Gasteiger partial charge in [0.25, 0.3) is 5.91 Å². The largest absolute Gasteiger partial charge is 0.465 e. The van der Waals surface area contributed by atoms with Crippen LogP contribution in [-0.2, 0) is 10.0 Å². The SMILES string of the molecule is CS(=O)(=O)N1CCC([C@H]2C[C@@H](c3ncc(-c4ccc(NC(=O)O)cc4)[nH]3)N(C(=O)c3ccc(C(=N)N)cc3)C2)CC1. The van der Waals surface area contributed by atoms with Gasteiger partial charge in [-0.2, -0.15) is 0 Å². The van der Waals surface area contributed by atoms with E-state index in [1.54, 1.807) is 54.7 Å². The molecule has 216 valence electrons. The van der Waals surface area contributed by atoms with E-state index >= 15 is 0 Å². The number of amides is 2. The van der Waals surface area contributed by atoms with Gasteiger partial charge >= 0.3 is 6.09 Å². The Morgan fingerprint density at radius 3 is 2.27 bits per heavy atom. The van der Waals surface area contributed by atoms with Gasteiger partial charge in [0.2, 0.25) is 10.0 Å². The minimum absolute atomic E-state index is 0.0709. The third-order valence-corrected chi connectivity index (χ3v) is 9.33. The molecule has 2 fully saturated rings. The molecule has 2 aliphatic heterocycles. The highest BCUT2D eigenvalue weighted by atomic mass is 32.2. The number of nitrogen functional groups attached to an aromatic ring is 1. The number of imidazole rings is 1. The highest BCUT2D eigenvalue weighted by Gasteiger charge is 2.42. The van der Waals surface area contributed by atoms with Crippen molar-refractivity contribution in [1.82, 2.24) is 19.2 Å². The summed E-state index contributed by atoms with van der Waals surface area (Å²) in [6.07, 6.45) is 3.97. The average molecular weight is 580 g/mol. The Bertz CT molecular complexity index is 1550. The maximum absolute atomic E-state index is 13.8. The highest BCUT2D eigenvalue weighted by Crippen LogP contribution is 2.42. The number of nitrogens with two attached hydrogens (primary N) is 1. The zero-order valence-corrected chi connectivity index (χ0v) is 23.4. The first-order valence-electron chi connectivity index (χ1n) is 13.4. The third kappa shape index (κ3) is 6.25. The molecule has 2 amide bonds. The molecule has 2 aliphatic rings. The molecule has 2 aromatic carbocycles. The van der Waals surface area contributed by atoms with E-state index in [-0.39, 0.29) is 29.6 Å². The minimum atomic E-state index is -3.23. The van der Waals surface area contributed by atoms with Crippen molar-refractivity contribution in [2.75, 3.05) is 31.2 Å². The van der Waals surface area contributed by atoms with E-state index in [1.165, 1.54) is 10.6 Å². The average Bonchev–Trinajstić information content (AvgIpc) is 3.60. The first kappa shape index (κ1) is 28.3. The number of likely N-dealkylation sites (tertiary alicyclic amines) is 1. The topological polar surface area (TPSA) is 186 Å². The summed E-state index contributed by atoms with van der Waals surface area (Å²) >= 11 is 0. The Labute approximate surface area is 238 Å². The number of rotatable bonds is 7. The number of aromatic amines is 1. The second-order valence-corrected chi connectivity index (χ2v) is 12.6. The number of anilines is 1. The first-order chi connectivity index (χ1) is 19.5. The molecule has 41 heavy (non-hydrogen) atoms. The van der Waals surface area contributed by atoms with Crippen molar-refractivity contribution in [1.29, 1.82) is 5.41 Å². The van der Waals surface area contributed by atoms with E-state index in [2.05, 4.69) is 15.3 Å². The first-order valence-corrected chi connectivity index (χ1v) is 15.2. The predicted molar refractivity (Wildman–Crippen MR) is 154 cm³/mol. The molecule has 0 bridgehead atoms. The molecule has 1 aromatic heterocycles. The monoisotopic (exact) mass is 579 g/mol. The van der Waals surface area contributed by atoms with Crippen molar-refractivity contribution in [3.05, 3.63) is 71.7 Å². The number of amidine groups is 1. The number of hydrogen-bond acceptors (Lipinski definition) is 6. The molecule has 6 N–H and O–H groups in total. The smallest absolute Gasteiger partial charge is 0.409 e. The van der Waals surface area contributed by atoms with E-state index in [4.69, 9.17) is 16.2 Å². The minimum Gasteiger partial charge on any atom is -0.465 e. The van der Waals surface area contributed by atoms with Crippen LogP contribution < -0.4 is 11.1 Å². The van der Waals surface area contributed by atoms with Crippen LogP contribution in [0.3, 0.4) is 0 Å². The molecule has 0 saturated carbocycles. The van der Waals surface area contributed by atoms with Gasteiger partial charge in [-0.3, -0.25) is 15.5 Å². The second-order valence-electron chi connectivity index (χ2n) is 10.6. The van der Waals surface area contributed by atoms with Gasteiger partial charge in [0.15, 0.2) is 0 Å². The van der Waals surface area contributed by atoms with Crippen molar-refractivity contribution >= 4 is 33.5 Å². The maximum atomic E-state index is 13.8. The summed E-state index contributed by atoms with van der Waals surface area (Å²) in [5, 5.41) is 18.9. The van der Waals surface area contributed by atoms with Crippen LogP contribution in [0.5, 0.6) is 0 Å². The standard InChI is InChI=1S/C28H33N7O5S/c1-41(39,40)34-12-10-17(11-13-34)21-14-24(35(16-21)27(36)20-4-2-19(3-5-20)25(29)30)26-31-15-23(33-26)18-6-8-22(9-7-18)32-28(37)38/h2-9,15,17,21,24,32H,10-14,16H2,1H3,(H3,29,30)(H,31,33)(H,37,38)/t21-,24-/m0/s1. The van der Waals surface area contributed by atoms with Gasteiger partial charge in [0.05, 0.1) is 24.2 Å². The Kier molecular flexibility index (Phi) is 7.82. The number of hydrogen-bond donors (Lipinski definition) is 5. The van der Waals surface area contributed by atoms with Crippen molar-refractivity contribution in [2.45, 2.75) is 25.3 Å². The van der Waals surface area contributed by atoms with E-state index in [9.17, 15) is 18.0 Å². The number of benzene rings is 2. The molecule has 0 unspecified atom stereocenters. The van der Waals surface area contributed by atoms with Crippen LogP contribution in [0.1, 0.15) is 47.1 Å². The Balaban J connectivity index is 1.39. The zero-order chi connectivity index (χ0) is 29.3. The van der Waals surface area contributed by atoms with E-state index in [0.717, 1.165) is 24.1 Å². The van der Waals surface area contributed by atoms with Crippen molar-refractivity contribution in [3.63, 3.8) is 0 Å². The quantitative estimate of drug-likeness (QED) is 0.210. The molecular formula is C28H33N7O5S. The van der Waals surface area contributed by atoms with Gasteiger partial charge in [-0.25, -0.2) is 22.5 Å². The summed E-state index contributed by atoms with van der Waals surface area (Å²) in [7, 11) is -3.23. The van der Waals surface area contributed by atoms with Crippen molar-refractivity contribution < 1.29 is 23.1 Å². The number of aromatic nitrogens is 2. The van der Waals surface area contributed by atoms with Crippen LogP contribution in [0.25, 0.3) is 11.3 Å². The van der Waals surface area contributed by atoms with Crippen LogP contribution in [-0.4, -0.2) is 76.4 Å². The lowest BCUT2D eigenvalue weighted by atomic mass is 9.83. The number of piperidine rings is 1. The molecule has 0 aliphatic carbocycles. The normalized spacial score (nSPS) is 20.2. The van der Waals surface area contributed by atoms with E-state index in [0.29, 0.717) is 48.7 Å². The number of carboxylic acid groups (broad SMARTS) is 1. The van der Waals surface area contributed by atoms with E-state index in [1.807, 2.05) is 4.90 Å². The zero-order valence-electron chi connectivity index (χ0n) is 22.6. The Morgan fingerprint density at radius 2 is 1.68 bits per heavy atom. The molecule has 12 nitrogen and oxygen atoms in total. The highest BCUT2D eigenvalue weighted by molar-refractivity contribution is 7.88. The second kappa shape index (κ2) is 11.3. The van der Waals surface area contributed by atoms with Crippen molar-refractivity contribution in [2.24, 2.45) is 17.6 Å². The predicted octanol–water partition coefficient (Wildman–Crippen LogP) is 3.33. The number of carbonyl (C=O) groups excluding carboxylic acids is 1. The van der Waals surface area contributed by atoms with Crippen molar-refractivity contribution in [3.8, 4) is 11.3 Å². The molecule has 2 saturated heterocycles. The number of sulfonamides is 1. The maximum Gasteiger partial charge on any atom is 0.409 e. The fourth-order valence-corrected chi connectivity index (χ4v) is 6.71. The number of nitrogens with one attached hydrogen (secondary N) is 3. The lowest BCUT2D eigenvalue weighted by molar-refractivity contribution is 0.0720. The van der Waals surface area contributed by atoms with Gasteiger partial charge in [-0.05, 0) is 60.9 Å². The van der Waals surface area contributed by atoms with Gasteiger partial charge in [0.1, 0.15) is 11.7 Å².